The first kappa shape index (κ1) is 20.6. The number of halogens is 4. The highest BCUT2D eigenvalue weighted by Crippen LogP contribution is 2.30. The van der Waals surface area contributed by atoms with Crippen LogP contribution in [0.2, 0.25) is 0 Å². The van der Waals surface area contributed by atoms with Crippen molar-refractivity contribution in [1.82, 2.24) is 4.72 Å². The van der Waals surface area contributed by atoms with Gasteiger partial charge < -0.3 is 5.32 Å². The molecule has 0 aliphatic carbocycles. The van der Waals surface area contributed by atoms with Crippen LogP contribution in [0.1, 0.15) is 15.9 Å². The van der Waals surface area contributed by atoms with Gasteiger partial charge in [-0.05, 0) is 42.5 Å². The molecule has 10 heteroatoms. The summed E-state index contributed by atoms with van der Waals surface area (Å²) in [7, 11) is -4.21. The van der Waals surface area contributed by atoms with E-state index in [1.165, 1.54) is 6.08 Å². The summed E-state index contributed by atoms with van der Waals surface area (Å²) < 4.78 is 77.6. The number of rotatable bonds is 6. The van der Waals surface area contributed by atoms with E-state index in [-0.39, 0.29) is 17.8 Å². The number of sulfonamides is 1. The Hall–Kier alpha value is -2.72. The van der Waals surface area contributed by atoms with Gasteiger partial charge in [0.05, 0.1) is 5.56 Å². The second-order valence-electron chi connectivity index (χ2n) is 5.32. The average molecular weight is 402 g/mol. The van der Waals surface area contributed by atoms with Gasteiger partial charge in [0.25, 0.3) is 5.91 Å². The fourth-order valence-electron chi connectivity index (χ4n) is 2.04. The topological polar surface area (TPSA) is 75.3 Å². The SMILES string of the molecule is C=CCNS(=O)(=O)c1cc(C(=O)Nc2ccc(C(F)(F)F)cc2)ccc1F. The zero-order chi connectivity index (χ0) is 20.2. The predicted molar refractivity (Wildman–Crippen MR) is 91.2 cm³/mol. The first-order chi connectivity index (χ1) is 12.5. The molecule has 0 saturated heterocycles. The van der Waals surface area contributed by atoms with Gasteiger partial charge in [0, 0.05) is 17.8 Å². The molecule has 0 aromatic heterocycles. The number of anilines is 1. The third-order valence-corrected chi connectivity index (χ3v) is 4.81. The molecule has 2 rings (SSSR count). The second-order valence-corrected chi connectivity index (χ2v) is 7.05. The van der Waals surface area contributed by atoms with Crippen molar-refractivity contribution in [2.45, 2.75) is 11.1 Å². The van der Waals surface area contributed by atoms with E-state index in [0.29, 0.717) is 0 Å². The fourth-order valence-corrected chi connectivity index (χ4v) is 3.14. The molecule has 1 amide bonds. The fraction of sp³-hybridized carbons (Fsp3) is 0.118. The molecule has 0 heterocycles. The summed E-state index contributed by atoms with van der Waals surface area (Å²) in [4.78, 5) is 11.5. The Balaban J connectivity index is 2.24. The molecule has 0 spiro atoms. The van der Waals surface area contributed by atoms with E-state index in [0.717, 1.165) is 42.5 Å². The maximum absolute atomic E-state index is 13.9. The molecule has 0 bridgehead atoms. The molecule has 2 aromatic rings. The van der Waals surface area contributed by atoms with Crippen LogP contribution in [0.25, 0.3) is 0 Å². The van der Waals surface area contributed by atoms with E-state index < -0.39 is 38.4 Å². The summed E-state index contributed by atoms with van der Waals surface area (Å²) in [6.07, 6.45) is -3.25. The molecular weight excluding hydrogens is 388 g/mol. The summed E-state index contributed by atoms with van der Waals surface area (Å²) in [5.74, 6) is -1.87. The molecule has 0 atom stereocenters. The number of nitrogens with one attached hydrogen (secondary N) is 2. The Morgan fingerprint density at radius 1 is 1.11 bits per heavy atom. The molecule has 0 unspecified atom stereocenters. The van der Waals surface area contributed by atoms with E-state index in [9.17, 15) is 30.8 Å². The van der Waals surface area contributed by atoms with Crippen molar-refractivity contribution in [3.8, 4) is 0 Å². The Labute approximate surface area is 152 Å². The number of carbonyl (C=O) groups excluding carboxylic acids is 1. The molecule has 0 aliphatic heterocycles. The van der Waals surface area contributed by atoms with E-state index in [1.54, 1.807) is 0 Å². The highest BCUT2D eigenvalue weighted by Gasteiger charge is 2.30. The van der Waals surface area contributed by atoms with E-state index >= 15 is 0 Å². The molecule has 27 heavy (non-hydrogen) atoms. The molecule has 0 saturated carbocycles. The first-order valence-electron chi connectivity index (χ1n) is 7.43. The number of benzene rings is 2. The number of hydrogen-bond donors (Lipinski definition) is 2. The number of hydrogen-bond acceptors (Lipinski definition) is 3. The van der Waals surface area contributed by atoms with Crippen LogP contribution < -0.4 is 10.0 Å². The molecular formula is C17H14F4N2O3S. The lowest BCUT2D eigenvalue weighted by atomic mass is 10.1. The van der Waals surface area contributed by atoms with Crippen molar-refractivity contribution < 1.29 is 30.8 Å². The number of carbonyl (C=O) groups is 1. The maximum Gasteiger partial charge on any atom is 0.416 e. The van der Waals surface area contributed by atoms with Crippen LogP contribution in [-0.4, -0.2) is 20.9 Å². The zero-order valence-corrected chi connectivity index (χ0v) is 14.5. The standard InChI is InChI=1S/C17H14F4N2O3S/c1-2-9-22-27(25,26)15-10-11(3-8-14(15)18)16(24)23-13-6-4-12(5-7-13)17(19,20)21/h2-8,10,22H,1,9H2,(H,23,24). The maximum atomic E-state index is 13.9. The van der Waals surface area contributed by atoms with Gasteiger partial charge in [-0.25, -0.2) is 17.5 Å². The van der Waals surface area contributed by atoms with Gasteiger partial charge >= 0.3 is 6.18 Å². The zero-order valence-electron chi connectivity index (χ0n) is 13.7. The second kappa shape index (κ2) is 7.89. The highest BCUT2D eigenvalue weighted by molar-refractivity contribution is 7.89. The van der Waals surface area contributed by atoms with Gasteiger partial charge in [-0.1, -0.05) is 6.08 Å². The Morgan fingerprint density at radius 3 is 2.30 bits per heavy atom. The van der Waals surface area contributed by atoms with Crippen LogP contribution in [0.15, 0.2) is 60.0 Å². The molecule has 5 nitrogen and oxygen atoms in total. The quantitative estimate of drug-likeness (QED) is 0.573. The lowest BCUT2D eigenvalue weighted by Crippen LogP contribution is -2.25. The first-order valence-corrected chi connectivity index (χ1v) is 8.91. The van der Waals surface area contributed by atoms with Crippen LogP contribution in [0.3, 0.4) is 0 Å². The molecule has 0 radical (unpaired) electrons. The van der Waals surface area contributed by atoms with Crippen LogP contribution in [0.5, 0.6) is 0 Å². The van der Waals surface area contributed by atoms with Gasteiger partial charge in [0.2, 0.25) is 10.0 Å². The third-order valence-electron chi connectivity index (χ3n) is 3.37. The lowest BCUT2D eigenvalue weighted by Gasteiger charge is -2.10. The van der Waals surface area contributed by atoms with Gasteiger partial charge in [-0.3, -0.25) is 4.79 Å². The number of amides is 1. The molecule has 0 aliphatic rings. The highest BCUT2D eigenvalue weighted by atomic mass is 32.2. The minimum atomic E-state index is -4.51. The predicted octanol–water partition coefficient (Wildman–Crippen LogP) is 3.56. The Morgan fingerprint density at radius 2 is 1.74 bits per heavy atom. The van der Waals surface area contributed by atoms with Gasteiger partial charge in [0.1, 0.15) is 10.7 Å². The van der Waals surface area contributed by atoms with Crippen LogP contribution in [0.4, 0.5) is 23.2 Å². The van der Waals surface area contributed by atoms with E-state index in [2.05, 4.69) is 16.6 Å². The van der Waals surface area contributed by atoms with Crippen LogP contribution in [-0.2, 0) is 16.2 Å². The van der Waals surface area contributed by atoms with Crippen molar-refractivity contribution in [2.75, 3.05) is 11.9 Å². The Bertz CT molecular complexity index is 955. The smallest absolute Gasteiger partial charge is 0.322 e. The molecule has 2 aromatic carbocycles. The third kappa shape index (κ3) is 5.14. The summed E-state index contributed by atoms with van der Waals surface area (Å²) in [5.41, 5.74) is -1.01. The van der Waals surface area contributed by atoms with Gasteiger partial charge in [-0.15, -0.1) is 6.58 Å². The van der Waals surface area contributed by atoms with Crippen LogP contribution >= 0.6 is 0 Å². The van der Waals surface area contributed by atoms with E-state index in [4.69, 9.17) is 0 Å². The minimum Gasteiger partial charge on any atom is -0.322 e. The number of alkyl halides is 3. The summed E-state index contributed by atoms with van der Waals surface area (Å²) >= 11 is 0. The molecule has 144 valence electrons. The molecule has 0 fully saturated rings. The van der Waals surface area contributed by atoms with Crippen molar-refractivity contribution >= 4 is 21.6 Å². The lowest BCUT2D eigenvalue weighted by molar-refractivity contribution is -0.137. The average Bonchev–Trinajstić information content (AvgIpc) is 2.60. The van der Waals surface area contributed by atoms with E-state index in [1.807, 2.05) is 0 Å². The summed E-state index contributed by atoms with van der Waals surface area (Å²) in [5, 5.41) is 2.32. The minimum absolute atomic E-state index is 0.0616. The van der Waals surface area contributed by atoms with Crippen molar-refractivity contribution in [3.05, 3.63) is 72.1 Å². The van der Waals surface area contributed by atoms with Crippen LogP contribution in [0, 0.1) is 5.82 Å². The van der Waals surface area contributed by atoms with Crippen molar-refractivity contribution in [3.63, 3.8) is 0 Å². The van der Waals surface area contributed by atoms with Gasteiger partial charge in [-0.2, -0.15) is 13.2 Å². The van der Waals surface area contributed by atoms with Gasteiger partial charge in [0.15, 0.2) is 0 Å². The summed E-state index contributed by atoms with van der Waals surface area (Å²) in [6, 6.07) is 6.37. The largest absolute Gasteiger partial charge is 0.416 e. The summed E-state index contributed by atoms with van der Waals surface area (Å²) in [6.45, 7) is 3.20. The molecule has 2 N–H and O–H groups in total. The van der Waals surface area contributed by atoms with Crippen molar-refractivity contribution in [1.29, 1.82) is 0 Å². The Kier molecular flexibility index (Phi) is 6.01. The normalized spacial score (nSPS) is 11.9. The monoisotopic (exact) mass is 402 g/mol. The van der Waals surface area contributed by atoms with Crippen molar-refractivity contribution in [2.24, 2.45) is 0 Å².